The molecular formula is C19H24N4O2. The van der Waals surface area contributed by atoms with Crippen molar-refractivity contribution in [1.82, 2.24) is 15.0 Å². The number of amides is 2. The molecule has 4 rings (SSSR count). The number of likely N-dealkylation sites (tertiary alicyclic amines) is 1. The normalized spacial score (nSPS) is 21.0. The molecule has 1 saturated carbocycles. The molecule has 6 nitrogen and oxygen atoms in total. The molecule has 1 aliphatic heterocycles. The monoisotopic (exact) mass is 340 g/mol. The fraction of sp³-hybridized carbons (Fsp3) is 0.526. The predicted octanol–water partition coefficient (Wildman–Crippen LogP) is 4.40. The van der Waals surface area contributed by atoms with E-state index in [0.717, 1.165) is 55.6 Å². The van der Waals surface area contributed by atoms with E-state index in [1.165, 1.54) is 0 Å². The molecule has 2 aliphatic rings. The molecule has 1 aliphatic carbocycles. The van der Waals surface area contributed by atoms with E-state index in [1.807, 2.05) is 36.1 Å². The van der Waals surface area contributed by atoms with Crippen LogP contribution in [0.1, 0.15) is 67.8 Å². The summed E-state index contributed by atoms with van der Waals surface area (Å²) >= 11 is 0. The second kappa shape index (κ2) is 6.86. The Morgan fingerprint density at radius 2 is 2.12 bits per heavy atom. The van der Waals surface area contributed by atoms with E-state index in [-0.39, 0.29) is 12.1 Å². The molecule has 1 atom stereocenters. The van der Waals surface area contributed by atoms with Crippen molar-refractivity contribution in [2.24, 2.45) is 0 Å². The zero-order chi connectivity index (χ0) is 17.2. The van der Waals surface area contributed by atoms with Crippen LogP contribution in [0.15, 0.2) is 28.8 Å². The lowest BCUT2D eigenvalue weighted by molar-refractivity contribution is 0.171. The molecular weight excluding hydrogens is 316 g/mol. The zero-order valence-corrected chi connectivity index (χ0v) is 14.6. The summed E-state index contributed by atoms with van der Waals surface area (Å²) in [4.78, 5) is 19.3. The quantitative estimate of drug-likeness (QED) is 0.898. The van der Waals surface area contributed by atoms with Gasteiger partial charge in [0.25, 0.3) is 0 Å². The number of rotatable bonds is 3. The van der Waals surface area contributed by atoms with Gasteiger partial charge in [-0.25, -0.2) is 4.79 Å². The SMILES string of the molecule is Cc1cccc(NC(=O)N2CCCCCC2c2nc(C3CC3)no2)c1. The summed E-state index contributed by atoms with van der Waals surface area (Å²) in [6, 6.07) is 7.63. The highest BCUT2D eigenvalue weighted by molar-refractivity contribution is 5.89. The standard InChI is InChI=1S/C19H24N4O2/c1-13-6-5-7-15(12-13)20-19(24)23-11-4-2-3-8-16(23)18-21-17(22-25-18)14-9-10-14/h5-7,12,14,16H,2-4,8-11H2,1H3,(H,20,24). The Morgan fingerprint density at radius 1 is 1.24 bits per heavy atom. The topological polar surface area (TPSA) is 71.3 Å². The largest absolute Gasteiger partial charge is 0.337 e. The summed E-state index contributed by atoms with van der Waals surface area (Å²) in [6.45, 7) is 2.73. The summed E-state index contributed by atoms with van der Waals surface area (Å²) in [5.74, 6) is 1.85. The Bertz CT molecular complexity index is 753. The van der Waals surface area contributed by atoms with E-state index in [2.05, 4.69) is 15.5 Å². The Balaban J connectivity index is 1.53. The Kier molecular flexibility index (Phi) is 4.42. The number of aromatic nitrogens is 2. The lowest BCUT2D eigenvalue weighted by atomic mass is 10.1. The van der Waals surface area contributed by atoms with Gasteiger partial charge in [-0.2, -0.15) is 4.98 Å². The van der Waals surface area contributed by atoms with E-state index in [1.54, 1.807) is 0 Å². The predicted molar refractivity (Wildman–Crippen MR) is 94.4 cm³/mol. The van der Waals surface area contributed by atoms with Gasteiger partial charge in [-0.3, -0.25) is 0 Å². The van der Waals surface area contributed by atoms with Crippen LogP contribution in [0.5, 0.6) is 0 Å². The molecule has 1 N–H and O–H groups in total. The first kappa shape index (κ1) is 16.1. The molecule has 0 bridgehead atoms. The number of nitrogens with one attached hydrogen (secondary N) is 1. The number of carbonyl (C=O) groups is 1. The lowest BCUT2D eigenvalue weighted by Gasteiger charge is -2.27. The Hall–Kier alpha value is -2.37. The molecule has 25 heavy (non-hydrogen) atoms. The number of hydrogen-bond donors (Lipinski definition) is 1. The van der Waals surface area contributed by atoms with Crippen molar-refractivity contribution in [1.29, 1.82) is 0 Å². The van der Waals surface area contributed by atoms with Gasteiger partial charge in [-0.15, -0.1) is 0 Å². The number of hydrogen-bond acceptors (Lipinski definition) is 4. The summed E-state index contributed by atoms with van der Waals surface area (Å²) in [7, 11) is 0. The van der Waals surface area contributed by atoms with Crippen LogP contribution in [0.3, 0.4) is 0 Å². The minimum Gasteiger partial charge on any atom is -0.337 e. The number of anilines is 1. The van der Waals surface area contributed by atoms with Crippen LogP contribution < -0.4 is 5.32 Å². The van der Waals surface area contributed by atoms with Crippen molar-refractivity contribution in [2.75, 3.05) is 11.9 Å². The van der Waals surface area contributed by atoms with Gasteiger partial charge in [0.2, 0.25) is 5.89 Å². The van der Waals surface area contributed by atoms with Crippen LogP contribution in [-0.4, -0.2) is 27.6 Å². The van der Waals surface area contributed by atoms with Crippen molar-refractivity contribution in [3.8, 4) is 0 Å². The van der Waals surface area contributed by atoms with E-state index >= 15 is 0 Å². The third-order valence-corrected chi connectivity index (χ3v) is 4.97. The fourth-order valence-electron chi connectivity index (χ4n) is 3.42. The number of nitrogens with zero attached hydrogens (tertiary/aromatic N) is 3. The van der Waals surface area contributed by atoms with Crippen LogP contribution >= 0.6 is 0 Å². The van der Waals surface area contributed by atoms with Gasteiger partial charge in [0, 0.05) is 18.2 Å². The molecule has 1 saturated heterocycles. The molecule has 2 amide bonds. The van der Waals surface area contributed by atoms with Gasteiger partial charge in [0.1, 0.15) is 6.04 Å². The molecule has 1 unspecified atom stereocenters. The summed E-state index contributed by atoms with van der Waals surface area (Å²) < 4.78 is 5.53. The molecule has 2 fully saturated rings. The van der Waals surface area contributed by atoms with Gasteiger partial charge in [-0.1, -0.05) is 30.1 Å². The van der Waals surface area contributed by atoms with Crippen molar-refractivity contribution in [3.63, 3.8) is 0 Å². The number of carbonyl (C=O) groups excluding carboxylic acids is 1. The van der Waals surface area contributed by atoms with Gasteiger partial charge in [-0.05, 0) is 50.3 Å². The number of benzene rings is 1. The number of aryl methyl sites for hydroxylation is 1. The second-order valence-corrected chi connectivity index (χ2v) is 7.12. The van der Waals surface area contributed by atoms with Crippen molar-refractivity contribution >= 4 is 11.7 Å². The average Bonchev–Trinajstić information content (AvgIpc) is 3.38. The molecule has 2 heterocycles. The van der Waals surface area contributed by atoms with Crippen molar-refractivity contribution < 1.29 is 9.32 Å². The van der Waals surface area contributed by atoms with E-state index in [0.29, 0.717) is 18.4 Å². The number of urea groups is 1. The third kappa shape index (κ3) is 3.67. The molecule has 0 spiro atoms. The molecule has 1 aromatic carbocycles. The Morgan fingerprint density at radius 3 is 2.92 bits per heavy atom. The maximum Gasteiger partial charge on any atom is 0.322 e. The van der Waals surface area contributed by atoms with Gasteiger partial charge < -0.3 is 14.7 Å². The van der Waals surface area contributed by atoms with E-state index < -0.39 is 0 Å². The second-order valence-electron chi connectivity index (χ2n) is 7.12. The Labute approximate surface area is 147 Å². The average molecular weight is 340 g/mol. The maximum atomic E-state index is 12.9. The van der Waals surface area contributed by atoms with Gasteiger partial charge in [0.15, 0.2) is 5.82 Å². The van der Waals surface area contributed by atoms with Crippen molar-refractivity contribution in [3.05, 3.63) is 41.5 Å². The highest BCUT2D eigenvalue weighted by Gasteiger charge is 2.34. The van der Waals surface area contributed by atoms with Crippen LogP contribution in [0.2, 0.25) is 0 Å². The van der Waals surface area contributed by atoms with Crippen LogP contribution in [0.4, 0.5) is 10.5 Å². The summed E-state index contributed by atoms with van der Waals surface area (Å²) in [5, 5.41) is 7.15. The summed E-state index contributed by atoms with van der Waals surface area (Å²) in [6.07, 6.45) is 6.34. The molecule has 1 aromatic heterocycles. The van der Waals surface area contributed by atoms with E-state index in [9.17, 15) is 4.79 Å². The molecule has 0 radical (unpaired) electrons. The summed E-state index contributed by atoms with van der Waals surface area (Å²) in [5.41, 5.74) is 1.94. The molecule has 6 heteroatoms. The van der Waals surface area contributed by atoms with Crippen LogP contribution in [0.25, 0.3) is 0 Å². The van der Waals surface area contributed by atoms with Gasteiger partial charge >= 0.3 is 6.03 Å². The fourth-order valence-corrected chi connectivity index (χ4v) is 3.42. The highest BCUT2D eigenvalue weighted by Crippen LogP contribution is 2.39. The van der Waals surface area contributed by atoms with E-state index in [4.69, 9.17) is 4.52 Å². The first-order valence-electron chi connectivity index (χ1n) is 9.18. The first-order valence-corrected chi connectivity index (χ1v) is 9.18. The molecule has 132 valence electrons. The zero-order valence-electron chi connectivity index (χ0n) is 14.6. The minimum atomic E-state index is -0.132. The van der Waals surface area contributed by atoms with Crippen molar-refractivity contribution in [2.45, 2.75) is 57.4 Å². The van der Waals surface area contributed by atoms with Gasteiger partial charge in [0.05, 0.1) is 0 Å². The highest BCUT2D eigenvalue weighted by atomic mass is 16.5. The first-order chi connectivity index (χ1) is 12.2. The van der Waals surface area contributed by atoms with Crippen LogP contribution in [0, 0.1) is 6.92 Å². The maximum absolute atomic E-state index is 12.9. The van der Waals surface area contributed by atoms with Crippen LogP contribution in [-0.2, 0) is 0 Å². The molecule has 2 aromatic rings. The minimum absolute atomic E-state index is 0.0938. The smallest absolute Gasteiger partial charge is 0.322 e. The lowest BCUT2D eigenvalue weighted by Crippen LogP contribution is -2.38. The third-order valence-electron chi connectivity index (χ3n) is 4.97.